The number of aromatic carboxylic acids is 1. The van der Waals surface area contributed by atoms with Gasteiger partial charge in [0.25, 0.3) is 0 Å². The van der Waals surface area contributed by atoms with Gasteiger partial charge in [-0.1, -0.05) is 13.8 Å². The van der Waals surface area contributed by atoms with Crippen LogP contribution < -0.4 is 5.32 Å². The lowest BCUT2D eigenvalue weighted by Gasteiger charge is -2.40. The maximum Gasteiger partial charge on any atom is 0.337 e. The van der Waals surface area contributed by atoms with E-state index in [1.54, 1.807) is 12.1 Å². The molecule has 0 aliphatic heterocycles. The van der Waals surface area contributed by atoms with Crippen molar-refractivity contribution in [3.8, 4) is 0 Å². The van der Waals surface area contributed by atoms with Crippen molar-refractivity contribution < 1.29 is 15.0 Å². The first kappa shape index (κ1) is 15.9. The fourth-order valence-electron chi connectivity index (χ4n) is 2.65. The third kappa shape index (κ3) is 4.51. The molecule has 5 nitrogen and oxygen atoms in total. The second kappa shape index (κ2) is 6.12. The molecular formula is C16H24N2O3. The molecule has 2 rings (SSSR count). The lowest BCUT2D eigenvalue weighted by molar-refractivity contribution is -0.0245. The molecule has 116 valence electrons. The summed E-state index contributed by atoms with van der Waals surface area (Å²) in [5.41, 5.74) is 0.670. The highest BCUT2D eigenvalue weighted by atomic mass is 16.4. The lowest BCUT2D eigenvalue weighted by Crippen LogP contribution is -2.44. The normalized spacial score (nSPS) is 20.1. The van der Waals surface area contributed by atoms with Crippen molar-refractivity contribution in [2.24, 2.45) is 5.41 Å². The Balaban J connectivity index is 1.80. The van der Waals surface area contributed by atoms with Crippen molar-refractivity contribution in [2.45, 2.75) is 51.7 Å². The van der Waals surface area contributed by atoms with Crippen LogP contribution in [0.25, 0.3) is 0 Å². The summed E-state index contributed by atoms with van der Waals surface area (Å²) in [6.45, 7) is 5.57. The van der Waals surface area contributed by atoms with Gasteiger partial charge >= 0.3 is 5.97 Å². The highest BCUT2D eigenvalue weighted by molar-refractivity contribution is 5.87. The minimum atomic E-state index is -0.971. The quantitative estimate of drug-likeness (QED) is 0.775. The molecule has 1 aliphatic rings. The maximum absolute atomic E-state index is 10.7. The predicted molar refractivity (Wildman–Crippen MR) is 80.1 cm³/mol. The summed E-state index contributed by atoms with van der Waals surface area (Å²) in [6, 6.07) is 3.24. The van der Waals surface area contributed by atoms with Crippen molar-refractivity contribution in [3.05, 3.63) is 29.6 Å². The molecule has 1 aliphatic carbocycles. The molecule has 0 radical (unpaired) electrons. The number of carboxylic acids is 1. The number of nitrogens with zero attached hydrogens (tertiary/aromatic N) is 1. The predicted octanol–water partition coefficient (Wildman–Crippen LogP) is 2.20. The molecule has 1 heterocycles. The highest BCUT2D eigenvalue weighted by Gasteiger charge is 2.36. The van der Waals surface area contributed by atoms with Crippen molar-refractivity contribution in [3.63, 3.8) is 0 Å². The lowest BCUT2D eigenvalue weighted by atomic mass is 9.71. The van der Waals surface area contributed by atoms with E-state index in [9.17, 15) is 9.90 Å². The number of carbonyl (C=O) groups is 1. The number of aromatic nitrogens is 1. The van der Waals surface area contributed by atoms with Crippen LogP contribution in [-0.2, 0) is 6.54 Å². The van der Waals surface area contributed by atoms with Crippen molar-refractivity contribution in [1.82, 2.24) is 10.3 Å². The van der Waals surface area contributed by atoms with Gasteiger partial charge < -0.3 is 15.5 Å². The monoisotopic (exact) mass is 292 g/mol. The molecular weight excluding hydrogens is 268 g/mol. The Hall–Kier alpha value is -1.46. The van der Waals surface area contributed by atoms with Crippen LogP contribution >= 0.6 is 0 Å². The maximum atomic E-state index is 10.7. The van der Waals surface area contributed by atoms with E-state index in [0.29, 0.717) is 18.5 Å². The smallest absolute Gasteiger partial charge is 0.337 e. The van der Waals surface area contributed by atoms with E-state index in [0.717, 1.165) is 31.4 Å². The highest BCUT2D eigenvalue weighted by Crippen LogP contribution is 2.39. The summed E-state index contributed by atoms with van der Waals surface area (Å²) < 4.78 is 0. The van der Waals surface area contributed by atoms with Gasteiger partial charge in [0.1, 0.15) is 0 Å². The van der Waals surface area contributed by atoms with Crippen LogP contribution in [0.2, 0.25) is 0 Å². The van der Waals surface area contributed by atoms with Crippen LogP contribution in [0.4, 0.5) is 0 Å². The van der Waals surface area contributed by atoms with Crippen LogP contribution in [0, 0.1) is 5.41 Å². The number of rotatable bonds is 5. The van der Waals surface area contributed by atoms with E-state index in [2.05, 4.69) is 24.1 Å². The van der Waals surface area contributed by atoms with Crippen LogP contribution in [-0.4, -0.2) is 33.3 Å². The van der Waals surface area contributed by atoms with Gasteiger partial charge in [-0.15, -0.1) is 0 Å². The molecule has 0 aromatic carbocycles. The van der Waals surface area contributed by atoms with E-state index in [-0.39, 0.29) is 5.56 Å². The second-order valence-corrected chi connectivity index (χ2v) is 6.84. The fraction of sp³-hybridized carbons (Fsp3) is 0.625. The molecule has 0 spiro atoms. The van der Waals surface area contributed by atoms with Crippen molar-refractivity contribution in [1.29, 1.82) is 0 Å². The van der Waals surface area contributed by atoms with E-state index in [1.165, 1.54) is 6.20 Å². The third-order valence-electron chi connectivity index (χ3n) is 4.37. The fourth-order valence-corrected chi connectivity index (χ4v) is 2.65. The summed E-state index contributed by atoms with van der Waals surface area (Å²) >= 11 is 0. The second-order valence-electron chi connectivity index (χ2n) is 6.84. The summed E-state index contributed by atoms with van der Waals surface area (Å²) in [7, 11) is 0. The first-order valence-corrected chi connectivity index (χ1v) is 7.41. The molecule has 0 bridgehead atoms. The average molecular weight is 292 g/mol. The molecule has 3 N–H and O–H groups in total. The van der Waals surface area contributed by atoms with Crippen molar-refractivity contribution >= 4 is 5.97 Å². The molecule has 0 amide bonds. The number of aliphatic hydroxyl groups is 1. The Morgan fingerprint density at radius 1 is 1.29 bits per heavy atom. The number of carboxylic acid groups (broad SMARTS) is 1. The molecule has 0 unspecified atom stereocenters. The summed E-state index contributed by atoms with van der Waals surface area (Å²) in [5.74, 6) is -0.971. The molecule has 1 aromatic heterocycles. The zero-order valence-corrected chi connectivity index (χ0v) is 12.7. The Morgan fingerprint density at radius 3 is 2.48 bits per heavy atom. The van der Waals surface area contributed by atoms with Gasteiger partial charge in [0, 0.05) is 19.3 Å². The minimum Gasteiger partial charge on any atom is -0.478 e. The number of hydrogen-bond acceptors (Lipinski definition) is 4. The standard InChI is InChI=1S/C16H24N2O3/c1-15(2)5-7-16(21,8-6-15)11-17-10-13-4-3-12(9-18-13)14(19)20/h3-4,9,17,21H,5-8,10-11H2,1-2H3,(H,19,20). The van der Waals surface area contributed by atoms with Gasteiger partial charge in [0.05, 0.1) is 16.9 Å². The van der Waals surface area contributed by atoms with E-state index in [1.807, 2.05) is 0 Å². The molecule has 0 saturated heterocycles. The van der Waals surface area contributed by atoms with Gasteiger partial charge in [-0.3, -0.25) is 4.98 Å². The first-order valence-electron chi connectivity index (χ1n) is 7.41. The van der Waals surface area contributed by atoms with Crippen molar-refractivity contribution in [2.75, 3.05) is 6.54 Å². The molecule has 1 fully saturated rings. The zero-order chi connectivity index (χ0) is 15.5. The number of hydrogen-bond donors (Lipinski definition) is 3. The van der Waals surface area contributed by atoms with Gasteiger partial charge in [-0.25, -0.2) is 4.79 Å². The Labute approximate surface area is 125 Å². The van der Waals surface area contributed by atoms with Gasteiger partial charge in [0.2, 0.25) is 0 Å². The largest absolute Gasteiger partial charge is 0.478 e. The Bertz CT molecular complexity index is 487. The molecule has 21 heavy (non-hydrogen) atoms. The Morgan fingerprint density at radius 2 is 1.95 bits per heavy atom. The third-order valence-corrected chi connectivity index (χ3v) is 4.37. The molecule has 1 saturated carbocycles. The average Bonchev–Trinajstić information content (AvgIpc) is 2.43. The summed E-state index contributed by atoms with van der Waals surface area (Å²) in [5, 5.41) is 22.6. The van der Waals surface area contributed by atoms with Gasteiger partial charge in [-0.05, 0) is 43.2 Å². The summed E-state index contributed by atoms with van der Waals surface area (Å²) in [6.07, 6.45) is 5.07. The zero-order valence-electron chi connectivity index (χ0n) is 12.7. The Kier molecular flexibility index (Phi) is 4.64. The molecule has 5 heteroatoms. The van der Waals surface area contributed by atoms with E-state index >= 15 is 0 Å². The summed E-state index contributed by atoms with van der Waals surface area (Å²) in [4.78, 5) is 14.8. The molecule has 0 atom stereocenters. The SMILES string of the molecule is CC1(C)CCC(O)(CNCc2ccc(C(=O)O)cn2)CC1. The number of pyridine rings is 1. The van der Waals surface area contributed by atoms with E-state index < -0.39 is 11.6 Å². The van der Waals surface area contributed by atoms with Gasteiger partial charge in [0.15, 0.2) is 0 Å². The first-order chi connectivity index (χ1) is 9.80. The van der Waals surface area contributed by atoms with E-state index in [4.69, 9.17) is 5.11 Å². The van der Waals surface area contributed by atoms with Gasteiger partial charge in [-0.2, -0.15) is 0 Å². The molecule has 1 aromatic rings. The minimum absolute atomic E-state index is 0.187. The van der Waals surface area contributed by atoms with Crippen LogP contribution in [0.5, 0.6) is 0 Å². The van der Waals surface area contributed by atoms with Crippen LogP contribution in [0.15, 0.2) is 18.3 Å². The van der Waals surface area contributed by atoms with Crippen LogP contribution in [0.1, 0.15) is 55.6 Å². The number of nitrogens with one attached hydrogen (secondary N) is 1. The van der Waals surface area contributed by atoms with Crippen LogP contribution in [0.3, 0.4) is 0 Å². The topological polar surface area (TPSA) is 82.5 Å².